The number of carbonyl (C=O) groups excluding carboxylic acids is 1. The van der Waals surface area contributed by atoms with Crippen molar-refractivity contribution >= 4 is 55.1 Å². The average Bonchev–Trinajstić information content (AvgIpc) is 2.42. The van der Waals surface area contributed by atoms with E-state index in [1.807, 2.05) is 24.3 Å². The van der Waals surface area contributed by atoms with Crippen LogP contribution in [-0.4, -0.2) is 5.91 Å². The minimum absolute atomic E-state index is 0.163. The molecule has 0 saturated carbocycles. The summed E-state index contributed by atoms with van der Waals surface area (Å²) in [5.74, 6) is -0.163. The van der Waals surface area contributed by atoms with Gasteiger partial charge in [0.1, 0.15) is 0 Å². The highest BCUT2D eigenvalue weighted by molar-refractivity contribution is 9.10. The number of nitrogens with one attached hydrogen (secondary N) is 1. The maximum atomic E-state index is 12.0. The molecule has 2 aromatic rings. The Bertz CT molecular complexity index is 599. The molecule has 2 nitrogen and oxygen atoms in total. The van der Waals surface area contributed by atoms with Crippen LogP contribution in [0.5, 0.6) is 0 Å². The van der Waals surface area contributed by atoms with E-state index >= 15 is 0 Å². The third-order valence-electron chi connectivity index (χ3n) is 2.55. The van der Waals surface area contributed by atoms with Gasteiger partial charge in [-0.25, -0.2) is 0 Å². The van der Waals surface area contributed by atoms with Crippen molar-refractivity contribution in [2.75, 3.05) is 5.32 Å². The molecule has 0 aliphatic carbocycles. The van der Waals surface area contributed by atoms with Crippen molar-refractivity contribution in [3.63, 3.8) is 0 Å². The number of alkyl halides is 1. The lowest BCUT2D eigenvalue weighted by Crippen LogP contribution is -2.11. The fraction of sp³-hybridized carbons (Fsp3) is 0.0714. The highest BCUT2D eigenvalue weighted by Crippen LogP contribution is 2.23. The molecule has 0 aliphatic rings. The van der Waals surface area contributed by atoms with Gasteiger partial charge < -0.3 is 5.32 Å². The second-order valence-electron chi connectivity index (χ2n) is 3.91. The monoisotopic (exact) mass is 401 g/mol. The van der Waals surface area contributed by atoms with Crippen LogP contribution in [0.15, 0.2) is 46.9 Å². The van der Waals surface area contributed by atoms with Crippen LogP contribution >= 0.6 is 43.5 Å². The van der Waals surface area contributed by atoms with Gasteiger partial charge in [0, 0.05) is 21.1 Å². The first-order valence-corrected chi connectivity index (χ1v) is 7.80. The number of rotatable bonds is 3. The summed E-state index contributed by atoms with van der Waals surface area (Å²) in [6.07, 6.45) is 0. The number of benzene rings is 2. The molecule has 98 valence electrons. The lowest BCUT2D eigenvalue weighted by Gasteiger charge is -2.06. The van der Waals surface area contributed by atoms with Crippen molar-refractivity contribution in [2.24, 2.45) is 0 Å². The molecule has 5 heteroatoms. The summed E-state index contributed by atoms with van der Waals surface area (Å²) >= 11 is 12.6. The van der Waals surface area contributed by atoms with Crippen molar-refractivity contribution in [2.45, 2.75) is 5.33 Å². The Morgan fingerprint density at radius 2 is 1.84 bits per heavy atom. The predicted octanol–water partition coefficient (Wildman–Crippen LogP) is 5.25. The molecule has 2 rings (SSSR count). The van der Waals surface area contributed by atoms with Gasteiger partial charge in [-0.1, -0.05) is 39.7 Å². The molecule has 0 saturated heterocycles. The smallest absolute Gasteiger partial charge is 0.255 e. The second kappa shape index (κ2) is 6.55. The van der Waals surface area contributed by atoms with E-state index in [4.69, 9.17) is 11.6 Å². The molecule has 1 amide bonds. The number of anilines is 1. The highest BCUT2D eigenvalue weighted by Gasteiger charge is 2.08. The molecule has 1 N–H and O–H groups in total. The third-order valence-corrected chi connectivity index (χ3v) is 4.41. The van der Waals surface area contributed by atoms with Gasteiger partial charge in [-0.2, -0.15) is 0 Å². The summed E-state index contributed by atoms with van der Waals surface area (Å²) in [5.41, 5.74) is 2.48. The Morgan fingerprint density at radius 1 is 1.16 bits per heavy atom. The normalized spacial score (nSPS) is 10.3. The number of carbonyl (C=O) groups is 1. The molecule has 19 heavy (non-hydrogen) atoms. The van der Waals surface area contributed by atoms with Gasteiger partial charge in [-0.3, -0.25) is 4.79 Å². The van der Waals surface area contributed by atoms with E-state index in [1.165, 1.54) is 0 Å². The van der Waals surface area contributed by atoms with Crippen LogP contribution in [0.2, 0.25) is 5.02 Å². The average molecular weight is 404 g/mol. The summed E-state index contributed by atoms with van der Waals surface area (Å²) < 4.78 is 0.705. The van der Waals surface area contributed by atoms with Crippen LogP contribution in [0.3, 0.4) is 0 Å². The van der Waals surface area contributed by atoms with Crippen LogP contribution < -0.4 is 5.32 Å². The quantitative estimate of drug-likeness (QED) is 0.697. The molecule has 0 fully saturated rings. The topological polar surface area (TPSA) is 29.1 Å². The Kier molecular flexibility index (Phi) is 5.02. The van der Waals surface area contributed by atoms with Crippen molar-refractivity contribution in [1.82, 2.24) is 0 Å². The number of hydrogen-bond donors (Lipinski definition) is 1. The molecule has 0 heterocycles. The maximum Gasteiger partial charge on any atom is 0.255 e. The van der Waals surface area contributed by atoms with E-state index in [2.05, 4.69) is 37.2 Å². The minimum atomic E-state index is -0.163. The molecular weight excluding hydrogens is 393 g/mol. The van der Waals surface area contributed by atoms with E-state index in [9.17, 15) is 4.79 Å². The van der Waals surface area contributed by atoms with Crippen LogP contribution in [0.25, 0.3) is 0 Å². The van der Waals surface area contributed by atoms with Crippen molar-refractivity contribution in [3.05, 3.63) is 63.1 Å². The predicted molar refractivity (Wildman–Crippen MR) is 86.2 cm³/mol. The zero-order valence-corrected chi connectivity index (χ0v) is 13.7. The van der Waals surface area contributed by atoms with E-state index in [-0.39, 0.29) is 5.91 Å². The Balaban J connectivity index is 2.13. The van der Waals surface area contributed by atoms with Gasteiger partial charge >= 0.3 is 0 Å². The lowest BCUT2D eigenvalue weighted by atomic mass is 10.2. The third kappa shape index (κ3) is 3.81. The molecule has 0 bridgehead atoms. The van der Waals surface area contributed by atoms with Gasteiger partial charge in [0.25, 0.3) is 5.91 Å². The van der Waals surface area contributed by atoms with Crippen molar-refractivity contribution in [3.8, 4) is 0 Å². The molecule has 0 atom stereocenters. The Labute approximate surface area is 133 Å². The minimum Gasteiger partial charge on any atom is -0.322 e. The zero-order valence-electron chi connectivity index (χ0n) is 9.79. The molecule has 0 radical (unpaired) electrons. The second-order valence-corrected chi connectivity index (χ2v) is 5.74. The summed E-state index contributed by atoms with van der Waals surface area (Å²) in [7, 11) is 0. The summed E-state index contributed by atoms with van der Waals surface area (Å²) in [4.78, 5) is 12.0. The summed E-state index contributed by atoms with van der Waals surface area (Å²) in [5, 5.41) is 4.22. The van der Waals surface area contributed by atoms with Gasteiger partial charge in [0.15, 0.2) is 0 Å². The summed E-state index contributed by atoms with van der Waals surface area (Å²) in [6, 6.07) is 12.7. The number of amides is 1. The number of hydrogen-bond acceptors (Lipinski definition) is 1. The fourth-order valence-corrected chi connectivity index (χ4v) is 2.39. The van der Waals surface area contributed by atoms with E-state index in [0.717, 1.165) is 16.6 Å². The standard InChI is InChI=1S/C14H10Br2ClNO/c15-8-9-1-4-11(5-2-9)18-14(19)10-3-6-13(17)12(16)7-10/h1-7H,8H2,(H,18,19). The SMILES string of the molecule is O=C(Nc1ccc(CBr)cc1)c1ccc(Cl)c(Br)c1. The van der Waals surface area contributed by atoms with Crippen molar-refractivity contribution < 1.29 is 4.79 Å². The Hall–Kier alpha value is -0.840. The van der Waals surface area contributed by atoms with Gasteiger partial charge in [0.2, 0.25) is 0 Å². The first-order chi connectivity index (χ1) is 9.10. The van der Waals surface area contributed by atoms with Gasteiger partial charge in [-0.05, 0) is 51.8 Å². The molecule has 2 aromatic carbocycles. The van der Waals surface area contributed by atoms with Gasteiger partial charge in [0.05, 0.1) is 5.02 Å². The Morgan fingerprint density at radius 3 is 2.42 bits per heavy atom. The first-order valence-electron chi connectivity index (χ1n) is 5.51. The summed E-state index contributed by atoms with van der Waals surface area (Å²) in [6.45, 7) is 0. The lowest BCUT2D eigenvalue weighted by molar-refractivity contribution is 0.102. The molecule has 0 aromatic heterocycles. The largest absolute Gasteiger partial charge is 0.322 e. The number of halogens is 3. The first kappa shape index (κ1) is 14.6. The molecule has 0 unspecified atom stereocenters. The molecule has 0 aliphatic heterocycles. The maximum absolute atomic E-state index is 12.0. The van der Waals surface area contributed by atoms with Crippen LogP contribution in [0, 0.1) is 0 Å². The van der Waals surface area contributed by atoms with Crippen LogP contribution in [0.4, 0.5) is 5.69 Å². The zero-order chi connectivity index (χ0) is 13.8. The van der Waals surface area contributed by atoms with Gasteiger partial charge in [-0.15, -0.1) is 0 Å². The van der Waals surface area contributed by atoms with Crippen LogP contribution in [0.1, 0.15) is 15.9 Å². The highest BCUT2D eigenvalue weighted by atomic mass is 79.9. The van der Waals surface area contributed by atoms with Crippen molar-refractivity contribution in [1.29, 1.82) is 0 Å². The fourth-order valence-electron chi connectivity index (χ4n) is 1.52. The molecular formula is C14H10Br2ClNO. The van der Waals surface area contributed by atoms with E-state index in [1.54, 1.807) is 18.2 Å². The van der Waals surface area contributed by atoms with E-state index < -0.39 is 0 Å². The molecule has 0 spiro atoms. The van der Waals surface area contributed by atoms with Crippen LogP contribution in [-0.2, 0) is 5.33 Å². The van der Waals surface area contributed by atoms with E-state index in [0.29, 0.717) is 15.1 Å².